The number of carbonyl (C=O) groups excluding carboxylic acids is 1. The first-order chi connectivity index (χ1) is 12.6. The third-order valence-electron chi connectivity index (χ3n) is 4.79. The van der Waals surface area contributed by atoms with Gasteiger partial charge in [0.05, 0.1) is 5.56 Å². The molecule has 0 aromatic carbocycles. The number of thiophene rings is 1. The maximum atomic E-state index is 12.8. The van der Waals surface area contributed by atoms with Crippen LogP contribution in [0.1, 0.15) is 40.6 Å². The Bertz CT molecular complexity index is 897. The fourth-order valence-electron chi connectivity index (χ4n) is 3.52. The maximum Gasteiger partial charge on any atom is 0.257 e. The second-order valence-electron chi connectivity index (χ2n) is 6.81. The maximum absolute atomic E-state index is 12.8. The van der Waals surface area contributed by atoms with Crippen LogP contribution in [0.15, 0.2) is 31.8 Å². The number of furan rings is 1. The third kappa shape index (κ3) is 3.44. The van der Waals surface area contributed by atoms with Gasteiger partial charge >= 0.3 is 0 Å². The Morgan fingerprint density at radius 1 is 1.42 bits per heavy atom. The molecule has 4 heterocycles. The van der Waals surface area contributed by atoms with Gasteiger partial charge in [0.1, 0.15) is 11.5 Å². The standard InChI is InChI=1S/C19H21N3O3S/c1-12-8-16(13(2)24-12)19(23)22-6-3-4-14(10-22)9-17-20-18(21-25-17)15-5-7-26-11-15/h5,7-8,11,14H,3-4,6,9-10H2,1-2H3/t14-/m1/s1. The predicted octanol–water partition coefficient (Wildman–Crippen LogP) is 4.10. The van der Waals surface area contributed by atoms with Gasteiger partial charge in [-0.05, 0) is 50.1 Å². The van der Waals surface area contributed by atoms with E-state index < -0.39 is 0 Å². The molecule has 4 rings (SSSR count). The van der Waals surface area contributed by atoms with Gasteiger partial charge in [-0.3, -0.25) is 4.79 Å². The second kappa shape index (κ2) is 7.07. The highest BCUT2D eigenvalue weighted by Gasteiger charge is 2.28. The van der Waals surface area contributed by atoms with Crippen LogP contribution < -0.4 is 0 Å². The fourth-order valence-corrected chi connectivity index (χ4v) is 4.16. The van der Waals surface area contributed by atoms with Gasteiger partial charge in [-0.15, -0.1) is 0 Å². The number of piperidine rings is 1. The van der Waals surface area contributed by atoms with Crippen LogP contribution in [0, 0.1) is 19.8 Å². The zero-order chi connectivity index (χ0) is 18.1. The van der Waals surface area contributed by atoms with Gasteiger partial charge in [0.2, 0.25) is 11.7 Å². The van der Waals surface area contributed by atoms with Gasteiger partial charge in [-0.2, -0.15) is 16.3 Å². The monoisotopic (exact) mass is 371 g/mol. The summed E-state index contributed by atoms with van der Waals surface area (Å²) < 4.78 is 10.9. The van der Waals surface area contributed by atoms with Crippen molar-refractivity contribution in [1.29, 1.82) is 0 Å². The summed E-state index contributed by atoms with van der Waals surface area (Å²) in [5, 5.41) is 8.07. The van der Waals surface area contributed by atoms with E-state index in [1.54, 1.807) is 11.3 Å². The minimum absolute atomic E-state index is 0.0496. The summed E-state index contributed by atoms with van der Waals surface area (Å²) in [6.45, 7) is 5.19. The van der Waals surface area contributed by atoms with E-state index in [0.717, 1.165) is 30.7 Å². The Kier molecular flexibility index (Phi) is 4.63. The Morgan fingerprint density at radius 3 is 3.04 bits per heavy atom. The first-order valence-corrected chi connectivity index (χ1v) is 9.76. The summed E-state index contributed by atoms with van der Waals surface area (Å²) in [5.41, 5.74) is 1.65. The molecular weight excluding hydrogens is 350 g/mol. The van der Waals surface area contributed by atoms with Crippen LogP contribution in [0.4, 0.5) is 0 Å². The molecule has 0 spiro atoms. The van der Waals surface area contributed by atoms with Gasteiger partial charge in [0, 0.05) is 30.5 Å². The quantitative estimate of drug-likeness (QED) is 0.690. The summed E-state index contributed by atoms with van der Waals surface area (Å²) in [4.78, 5) is 19.2. The third-order valence-corrected chi connectivity index (χ3v) is 5.47. The number of hydrogen-bond donors (Lipinski definition) is 0. The molecule has 0 radical (unpaired) electrons. The molecule has 3 aromatic heterocycles. The number of rotatable bonds is 4. The fraction of sp³-hybridized carbons (Fsp3) is 0.421. The molecule has 1 amide bonds. The van der Waals surface area contributed by atoms with Crippen molar-refractivity contribution >= 4 is 17.2 Å². The van der Waals surface area contributed by atoms with E-state index in [1.165, 1.54) is 0 Å². The number of nitrogens with zero attached hydrogens (tertiary/aromatic N) is 3. The van der Waals surface area contributed by atoms with E-state index in [9.17, 15) is 4.79 Å². The van der Waals surface area contributed by atoms with Gasteiger partial charge in [0.25, 0.3) is 5.91 Å². The molecule has 1 fully saturated rings. The van der Waals surface area contributed by atoms with Crippen molar-refractivity contribution in [2.75, 3.05) is 13.1 Å². The Labute approximate surface area is 155 Å². The van der Waals surface area contributed by atoms with Crippen molar-refractivity contribution in [2.45, 2.75) is 33.1 Å². The molecule has 0 saturated carbocycles. The SMILES string of the molecule is Cc1cc(C(=O)N2CCC[C@H](Cc3nc(-c4ccsc4)no3)C2)c(C)o1. The lowest BCUT2D eigenvalue weighted by Gasteiger charge is -2.32. The Balaban J connectivity index is 1.42. The Morgan fingerprint density at radius 2 is 2.31 bits per heavy atom. The summed E-state index contributed by atoms with van der Waals surface area (Å²) in [5.74, 6) is 3.11. The van der Waals surface area contributed by atoms with E-state index in [0.29, 0.717) is 41.9 Å². The molecule has 26 heavy (non-hydrogen) atoms. The molecule has 0 bridgehead atoms. The molecule has 7 heteroatoms. The van der Waals surface area contributed by atoms with Gasteiger partial charge in [-0.25, -0.2) is 0 Å². The van der Waals surface area contributed by atoms with E-state index in [4.69, 9.17) is 8.94 Å². The number of aryl methyl sites for hydroxylation is 2. The number of likely N-dealkylation sites (tertiary alicyclic amines) is 1. The van der Waals surface area contributed by atoms with Crippen LogP contribution in [0.3, 0.4) is 0 Å². The molecule has 136 valence electrons. The lowest BCUT2D eigenvalue weighted by molar-refractivity contribution is 0.0666. The molecule has 1 saturated heterocycles. The molecule has 3 aromatic rings. The first kappa shape index (κ1) is 17.0. The highest BCUT2D eigenvalue weighted by molar-refractivity contribution is 7.08. The Hall–Kier alpha value is -2.41. The average Bonchev–Trinajstić information content (AvgIpc) is 3.35. The van der Waals surface area contributed by atoms with Crippen LogP contribution in [0.2, 0.25) is 0 Å². The molecule has 1 aliphatic heterocycles. The summed E-state index contributed by atoms with van der Waals surface area (Å²) in [7, 11) is 0. The van der Waals surface area contributed by atoms with Crippen molar-refractivity contribution in [1.82, 2.24) is 15.0 Å². The smallest absolute Gasteiger partial charge is 0.257 e. The molecule has 0 aliphatic carbocycles. The lowest BCUT2D eigenvalue weighted by atomic mass is 9.94. The molecule has 1 aliphatic rings. The van der Waals surface area contributed by atoms with Crippen LogP contribution in [-0.2, 0) is 6.42 Å². The molecule has 0 N–H and O–H groups in total. The van der Waals surface area contributed by atoms with E-state index in [1.807, 2.05) is 41.6 Å². The second-order valence-corrected chi connectivity index (χ2v) is 7.59. The summed E-state index contributed by atoms with van der Waals surface area (Å²) in [6, 6.07) is 3.81. The molecular formula is C19H21N3O3S. The normalized spacial score (nSPS) is 17.6. The van der Waals surface area contributed by atoms with Crippen LogP contribution in [0.25, 0.3) is 11.4 Å². The van der Waals surface area contributed by atoms with Gasteiger partial charge < -0.3 is 13.8 Å². The minimum atomic E-state index is 0.0496. The predicted molar refractivity (Wildman–Crippen MR) is 98.1 cm³/mol. The van der Waals surface area contributed by atoms with Crippen molar-refractivity contribution in [3.8, 4) is 11.4 Å². The topological polar surface area (TPSA) is 72.4 Å². The van der Waals surface area contributed by atoms with E-state index in [-0.39, 0.29) is 5.91 Å². The summed E-state index contributed by atoms with van der Waals surface area (Å²) in [6.07, 6.45) is 2.74. The average molecular weight is 371 g/mol. The molecule has 0 unspecified atom stereocenters. The van der Waals surface area contributed by atoms with Gasteiger partial charge in [0.15, 0.2) is 0 Å². The molecule has 1 atom stereocenters. The number of aromatic nitrogens is 2. The van der Waals surface area contributed by atoms with E-state index >= 15 is 0 Å². The van der Waals surface area contributed by atoms with Crippen molar-refractivity contribution in [3.05, 3.63) is 45.9 Å². The largest absolute Gasteiger partial charge is 0.466 e. The number of amides is 1. The van der Waals surface area contributed by atoms with Crippen LogP contribution >= 0.6 is 11.3 Å². The summed E-state index contributed by atoms with van der Waals surface area (Å²) >= 11 is 1.61. The van der Waals surface area contributed by atoms with E-state index in [2.05, 4.69) is 10.1 Å². The lowest BCUT2D eigenvalue weighted by Crippen LogP contribution is -2.40. The van der Waals surface area contributed by atoms with Crippen molar-refractivity contribution in [2.24, 2.45) is 5.92 Å². The van der Waals surface area contributed by atoms with Gasteiger partial charge in [-0.1, -0.05) is 5.16 Å². The highest BCUT2D eigenvalue weighted by Crippen LogP contribution is 2.25. The van der Waals surface area contributed by atoms with Crippen LogP contribution in [-0.4, -0.2) is 34.0 Å². The first-order valence-electron chi connectivity index (χ1n) is 8.81. The zero-order valence-electron chi connectivity index (χ0n) is 14.9. The minimum Gasteiger partial charge on any atom is -0.466 e. The van der Waals surface area contributed by atoms with Crippen LogP contribution in [0.5, 0.6) is 0 Å². The number of carbonyl (C=O) groups is 1. The molecule has 6 nitrogen and oxygen atoms in total. The van der Waals surface area contributed by atoms with Crippen molar-refractivity contribution < 1.29 is 13.7 Å². The highest BCUT2D eigenvalue weighted by atomic mass is 32.1. The zero-order valence-corrected chi connectivity index (χ0v) is 15.7. The van der Waals surface area contributed by atoms with Crippen molar-refractivity contribution in [3.63, 3.8) is 0 Å². The number of hydrogen-bond acceptors (Lipinski definition) is 6.